The fourth-order valence-electron chi connectivity index (χ4n) is 3.99. The van der Waals surface area contributed by atoms with E-state index in [1.807, 2.05) is 31.3 Å². The van der Waals surface area contributed by atoms with Crippen LogP contribution in [0.4, 0.5) is 0 Å². The third-order valence-corrected chi connectivity index (χ3v) is 5.30. The minimum absolute atomic E-state index is 0.0813. The molecule has 0 spiro atoms. The number of β-amino-alcohol motifs (C(OH)–C–C–N with tert-alkyl or cyclic N) is 1. The van der Waals surface area contributed by atoms with Gasteiger partial charge in [0.15, 0.2) is 23.0 Å². The summed E-state index contributed by atoms with van der Waals surface area (Å²) < 4.78 is 22.9. The molecule has 0 aromatic heterocycles. The lowest BCUT2D eigenvalue weighted by Gasteiger charge is -2.37. The van der Waals surface area contributed by atoms with Gasteiger partial charge in [-0.3, -0.25) is 4.90 Å². The number of likely N-dealkylation sites (N-methyl/N-ethyl adjacent to an activating group) is 1. The van der Waals surface area contributed by atoms with E-state index < -0.39 is 6.10 Å². The first-order chi connectivity index (χ1) is 12.6. The van der Waals surface area contributed by atoms with Gasteiger partial charge in [-0.25, -0.2) is 0 Å². The van der Waals surface area contributed by atoms with Crippen molar-refractivity contribution in [1.29, 1.82) is 0 Å². The Morgan fingerprint density at radius 1 is 1.00 bits per heavy atom. The van der Waals surface area contributed by atoms with E-state index in [0.29, 0.717) is 35.3 Å². The topological polar surface area (TPSA) is 60.4 Å². The van der Waals surface area contributed by atoms with Crippen LogP contribution in [-0.2, 0) is 6.42 Å². The summed E-state index contributed by atoms with van der Waals surface area (Å²) in [6.45, 7) is 0.575. The van der Waals surface area contributed by atoms with E-state index in [4.69, 9.17) is 18.9 Å². The van der Waals surface area contributed by atoms with Gasteiger partial charge < -0.3 is 24.1 Å². The Morgan fingerprint density at radius 2 is 1.73 bits per heavy atom. The predicted octanol–water partition coefficient (Wildman–Crippen LogP) is 3.08. The van der Waals surface area contributed by atoms with E-state index in [1.54, 1.807) is 21.3 Å². The van der Waals surface area contributed by atoms with Crippen LogP contribution in [0, 0.1) is 0 Å². The summed E-state index contributed by atoms with van der Waals surface area (Å²) in [7, 11) is 6.85. The molecular weight excluding hydrogens is 334 g/mol. The van der Waals surface area contributed by atoms with Crippen LogP contribution < -0.4 is 18.9 Å². The van der Waals surface area contributed by atoms with Gasteiger partial charge in [0.05, 0.1) is 27.4 Å². The molecule has 2 aliphatic rings. The molecule has 0 saturated heterocycles. The monoisotopic (exact) mass is 357 g/mol. The van der Waals surface area contributed by atoms with Crippen LogP contribution in [0.3, 0.4) is 0 Å². The minimum Gasteiger partial charge on any atom is -0.493 e. The molecular formula is C20H23NO5. The van der Waals surface area contributed by atoms with Gasteiger partial charge >= 0.3 is 0 Å². The lowest BCUT2D eigenvalue weighted by molar-refractivity contribution is 0.0832. The highest BCUT2D eigenvalue weighted by atomic mass is 16.5. The van der Waals surface area contributed by atoms with E-state index in [1.165, 1.54) is 0 Å². The first-order valence-electron chi connectivity index (χ1n) is 8.59. The Hall–Kier alpha value is -2.44. The molecule has 0 bridgehead atoms. The van der Waals surface area contributed by atoms with Crippen molar-refractivity contribution < 1.29 is 24.1 Å². The van der Waals surface area contributed by atoms with Crippen molar-refractivity contribution in [3.8, 4) is 28.7 Å². The van der Waals surface area contributed by atoms with E-state index in [-0.39, 0.29) is 6.04 Å². The summed E-state index contributed by atoms with van der Waals surface area (Å²) in [6, 6.07) is 7.76. The second kappa shape index (κ2) is 6.37. The van der Waals surface area contributed by atoms with E-state index in [0.717, 1.165) is 23.1 Å². The highest BCUT2D eigenvalue weighted by Crippen LogP contribution is 2.53. The van der Waals surface area contributed by atoms with Crippen LogP contribution in [0.5, 0.6) is 28.7 Å². The summed E-state index contributed by atoms with van der Waals surface area (Å²) in [5, 5.41) is 10.6. The summed E-state index contributed by atoms with van der Waals surface area (Å²) in [6.07, 6.45) is 0.184. The number of rotatable bonds is 3. The average Bonchev–Trinajstić information content (AvgIpc) is 2.82. The van der Waals surface area contributed by atoms with E-state index in [2.05, 4.69) is 4.90 Å². The van der Waals surface area contributed by atoms with Crippen LogP contribution in [0.1, 0.15) is 28.8 Å². The molecule has 1 N–H and O–H groups in total. The van der Waals surface area contributed by atoms with Crippen molar-refractivity contribution in [3.05, 3.63) is 41.0 Å². The number of ether oxygens (including phenoxy) is 4. The zero-order valence-electron chi connectivity index (χ0n) is 15.4. The molecule has 2 aromatic carbocycles. The van der Waals surface area contributed by atoms with Gasteiger partial charge in [-0.15, -0.1) is 0 Å². The summed E-state index contributed by atoms with van der Waals surface area (Å²) in [4.78, 5) is 2.16. The highest BCUT2D eigenvalue weighted by Gasteiger charge is 2.38. The van der Waals surface area contributed by atoms with Crippen molar-refractivity contribution >= 4 is 0 Å². The van der Waals surface area contributed by atoms with Crippen molar-refractivity contribution in [3.63, 3.8) is 0 Å². The van der Waals surface area contributed by atoms with Gasteiger partial charge in [-0.2, -0.15) is 0 Å². The number of hydrogen-bond acceptors (Lipinski definition) is 6. The Bertz CT molecular complexity index is 851. The fourth-order valence-corrected chi connectivity index (χ4v) is 3.99. The normalized spacial score (nSPS) is 21.1. The van der Waals surface area contributed by atoms with E-state index in [9.17, 15) is 5.11 Å². The molecule has 0 aliphatic carbocycles. The zero-order chi connectivity index (χ0) is 18.4. The molecule has 26 heavy (non-hydrogen) atoms. The van der Waals surface area contributed by atoms with Crippen LogP contribution in [0.2, 0.25) is 0 Å². The van der Waals surface area contributed by atoms with Gasteiger partial charge in [0.25, 0.3) is 0 Å². The van der Waals surface area contributed by atoms with Crippen molar-refractivity contribution in [2.45, 2.75) is 18.6 Å². The third kappa shape index (κ3) is 2.40. The maximum atomic E-state index is 10.6. The Labute approximate surface area is 152 Å². The van der Waals surface area contributed by atoms with Gasteiger partial charge in [0.1, 0.15) is 0 Å². The number of methoxy groups -OCH3 is 3. The molecule has 0 amide bonds. The molecule has 0 unspecified atom stereocenters. The summed E-state index contributed by atoms with van der Waals surface area (Å²) in [5.41, 5.74) is 2.89. The zero-order valence-corrected chi connectivity index (χ0v) is 15.4. The average molecular weight is 357 g/mol. The lowest BCUT2D eigenvalue weighted by atomic mass is 9.87. The van der Waals surface area contributed by atoms with E-state index >= 15 is 0 Å². The number of aliphatic hydroxyl groups excluding tert-OH is 1. The van der Waals surface area contributed by atoms with Crippen LogP contribution in [-0.4, -0.2) is 44.9 Å². The van der Waals surface area contributed by atoms with Gasteiger partial charge in [0.2, 0.25) is 5.75 Å². The molecule has 2 aromatic rings. The number of benzene rings is 2. The van der Waals surface area contributed by atoms with Crippen molar-refractivity contribution in [1.82, 2.24) is 4.90 Å². The fraction of sp³-hybridized carbons (Fsp3) is 0.400. The quantitative estimate of drug-likeness (QED) is 0.911. The molecule has 138 valence electrons. The Balaban J connectivity index is 1.99. The molecule has 6 heteroatoms. The van der Waals surface area contributed by atoms with Gasteiger partial charge in [-0.05, 0) is 31.2 Å². The highest BCUT2D eigenvalue weighted by molar-refractivity contribution is 5.63. The standard InChI is InChI=1S/C20H23NO5/c1-21-10-14(22)12-6-8-15(23-2)19-17(12)13(21)9-11-5-7-16(24-3)20(25-4)18(11)26-19/h5-8,13-14,22H,9-10H2,1-4H3/t13-,14+/m1/s1. The van der Waals surface area contributed by atoms with Crippen molar-refractivity contribution in [2.75, 3.05) is 34.9 Å². The summed E-state index contributed by atoms with van der Waals surface area (Å²) in [5.74, 6) is 3.08. The first-order valence-corrected chi connectivity index (χ1v) is 8.59. The molecule has 2 atom stereocenters. The third-order valence-electron chi connectivity index (χ3n) is 5.30. The molecule has 6 nitrogen and oxygen atoms in total. The first kappa shape index (κ1) is 17.0. The molecule has 2 aliphatic heterocycles. The van der Waals surface area contributed by atoms with Crippen LogP contribution in [0.15, 0.2) is 24.3 Å². The molecule has 4 rings (SSSR count). The second-order valence-corrected chi connectivity index (χ2v) is 6.67. The molecule has 0 radical (unpaired) electrons. The Morgan fingerprint density at radius 3 is 2.42 bits per heavy atom. The lowest BCUT2D eigenvalue weighted by Crippen LogP contribution is -2.35. The van der Waals surface area contributed by atoms with Crippen LogP contribution >= 0.6 is 0 Å². The minimum atomic E-state index is -0.558. The SMILES string of the molecule is COc1ccc2c(c1OC)Oc1c(OC)ccc3c1[C@@H](C2)N(C)C[C@@H]3O. The van der Waals surface area contributed by atoms with Gasteiger partial charge in [-0.1, -0.05) is 12.1 Å². The molecule has 0 saturated carbocycles. The number of nitrogens with zero attached hydrogens (tertiary/aromatic N) is 1. The number of fused-ring (bicyclic) bond motifs is 1. The maximum Gasteiger partial charge on any atom is 0.204 e. The van der Waals surface area contributed by atoms with Crippen LogP contribution in [0.25, 0.3) is 0 Å². The molecule has 0 fully saturated rings. The van der Waals surface area contributed by atoms with Gasteiger partial charge in [0, 0.05) is 23.7 Å². The predicted molar refractivity (Wildman–Crippen MR) is 96.6 cm³/mol. The largest absolute Gasteiger partial charge is 0.493 e. The summed E-state index contributed by atoms with van der Waals surface area (Å²) >= 11 is 0. The Kier molecular flexibility index (Phi) is 4.17. The number of aliphatic hydroxyl groups is 1. The maximum absolute atomic E-state index is 10.6. The van der Waals surface area contributed by atoms with Crippen molar-refractivity contribution in [2.24, 2.45) is 0 Å². The smallest absolute Gasteiger partial charge is 0.204 e. The molecule has 2 heterocycles. The second-order valence-electron chi connectivity index (χ2n) is 6.67. The number of hydrogen-bond donors (Lipinski definition) is 1.